The van der Waals surface area contributed by atoms with E-state index in [4.69, 9.17) is 4.74 Å². The number of esters is 1. The van der Waals surface area contributed by atoms with Gasteiger partial charge in [0.05, 0.1) is 16.9 Å². The van der Waals surface area contributed by atoms with Crippen molar-refractivity contribution >= 4 is 34.0 Å². The minimum atomic E-state index is -0.632. The average molecular weight is 398 g/mol. The summed E-state index contributed by atoms with van der Waals surface area (Å²) in [6.45, 7) is 5.29. The van der Waals surface area contributed by atoms with Crippen LogP contribution in [0.3, 0.4) is 0 Å². The van der Waals surface area contributed by atoms with Crippen LogP contribution in [0.5, 0.6) is 0 Å². The lowest BCUT2D eigenvalue weighted by Gasteiger charge is -2.22. The number of aromatic nitrogens is 1. The molecule has 144 valence electrons. The van der Waals surface area contributed by atoms with E-state index in [0.29, 0.717) is 10.8 Å². The Labute approximate surface area is 166 Å². The monoisotopic (exact) mass is 398 g/mol. The van der Waals surface area contributed by atoms with Gasteiger partial charge < -0.3 is 4.74 Å². The van der Waals surface area contributed by atoms with Crippen LogP contribution < -0.4 is 4.90 Å². The number of nitrogens with zero attached hydrogens (tertiary/aromatic N) is 2. The number of carbonyl (C=O) groups is 2. The second-order valence-corrected chi connectivity index (χ2v) is 7.14. The maximum Gasteiger partial charge on any atom is 0.338 e. The fourth-order valence-electron chi connectivity index (χ4n) is 2.85. The Morgan fingerprint density at radius 1 is 1.14 bits per heavy atom. The smallest absolute Gasteiger partial charge is 0.338 e. The quantitative estimate of drug-likeness (QED) is 0.571. The van der Waals surface area contributed by atoms with Crippen LogP contribution in [0.2, 0.25) is 0 Å². The summed E-state index contributed by atoms with van der Waals surface area (Å²) in [4.78, 5) is 30.4. The predicted molar refractivity (Wildman–Crippen MR) is 106 cm³/mol. The van der Waals surface area contributed by atoms with Gasteiger partial charge in [0.25, 0.3) is 0 Å². The van der Waals surface area contributed by atoms with Crippen LogP contribution in [0.4, 0.5) is 15.2 Å². The van der Waals surface area contributed by atoms with Gasteiger partial charge in [0.2, 0.25) is 5.91 Å². The summed E-state index contributed by atoms with van der Waals surface area (Å²) in [5, 5.41) is 2.24. The van der Waals surface area contributed by atoms with Crippen molar-refractivity contribution in [2.45, 2.75) is 27.4 Å². The molecule has 7 heteroatoms. The number of benzene rings is 2. The molecule has 0 aliphatic carbocycles. The first-order valence-electron chi connectivity index (χ1n) is 8.61. The molecule has 0 aliphatic rings. The van der Waals surface area contributed by atoms with Crippen LogP contribution in [0.15, 0.2) is 47.8 Å². The van der Waals surface area contributed by atoms with E-state index >= 15 is 0 Å². The van der Waals surface area contributed by atoms with Crippen molar-refractivity contribution in [1.82, 2.24) is 4.98 Å². The molecular weight excluding hydrogens is 379 g/mol. The SMILES string of the molecule is CC(=O)N(c1nc(COC(=O)c2cccc(F)c2)cs1)c1c(C)cccc1C. The Bertz CT molecular complexity index is 1010. The van der Waals surface area contributed by atoms with Crippen molar-refractivity contribution in [3.8, 4) is 0 Å². The summed E-state index contributed by atoms with van der Waals surface area (Å²) in [5.74, 6) is -1.29. The molecule has 0 fully saturated rings. The number of ether oxygens (including phenoxy) is 1. The maximum absolute atomic E-state index is 13.2. The summed E-state index contributed by atoms with van der Waals surface area (Å²) in [5.41, 5.74) is 3.38. The fourth-order valence-corrected chi connectivity index (χ4v) is 3.71. The maximum atomic E-state index is 13.2. The Balaban J connectivity index is 1.78. The first-order chi connectivity index (χ1) is 13.4. The molecular formula is C21H19FN2O3S. The van der Waals surface area contributed by atoms with Gasteiger partial charge in [0, 0.05) is 12.3 Å². The molecule has 0 saturated heterocycles. The lowest BCUT2D eigenvalue weighted by Crippen LogP contribution is -2.24. The van der Waals surface area contributed by atoms with Crippen molar-refractivity contribution in [2.24, 2.45) is 0 Å². The molecule has 1 amide bonds. The van der Waals surface area contributed by atoms with Gasteiger partial charge in [-0.25, -0.2) is 14.2 Å². The first kappa shape index (κ1) is 19.7. The number of aryl methyl sites for hydroxylation is 2. The average Bonchev–Trinajstić information content (AvgIpc) is 3.11. The number of anilines is 2. The number of hydrogen-bond donors (Lipinski definition) is 0. The van der Waals surface area contributed by atoms with Crippen molar-refractivity contribution in [3.63, 3.8) is 0 Å². The van der Waals surface area contributed by atoms with E-state index in [-0.39, 0.29) is 18.1 Å². The van der Waals surface area contributed by atoms with Gasteiger partial charge in [0.1, 0.15) is 12.4 Å². The molecule has 28 heavy (non-hydrogen) atoms. The lowest BCUT2D eigenvalue weighted by molar-refractivity contribution is -0.115. The summed E-state index contributed by atoms with van der Waals surface area (Å²) in [6, 6.07) is 11.1. The lowest BCUT2D eigenvalue weighted by atomic mass is 10.1. The molecule has 2 aromatic carbocycles. The van der Waals surface area contributed by atoms with Gasteiger partial charge >= 0.3 is 5.97 Å². The highest BCUT2D eigenvalue weighted by atomic mass is 32.1. The number of halogens is 1. The molecule has 0 unspecified atom stereocenters. The van der Waals surface area contributed by atoms with Gasteiger partial charge in [-0.2, -0.15) is 0 Å². The number of para-hydroxylation sites is 1. The molecule has 0 atom stereocenters. The number of rotatable bonds is 5. The van der Waals surface area contributed by atoms with Crippen molar-refractivity contribution in [1.29, 1.82) is 0 Å². The molecule has 1 aromatic heterocycles. The summed E-state index contributed by atoms with van der Waals surface area (Å²) < 4.78 is 18.4. The van der Waals surface area contributed by atoms with Crippen LogP contribution in [-0.4, -0.2) is 16.9 Å². The van der Waals surface area contributed by atoms with Gasteiger partial charge in [-0.15, -0.1) is 11.3 Å². The van der Waals surface area contributed by atoms with Crippen molar-refractivity contribution in [2.75, 3.05) is 4.90 Å². The van der Waals surface area contributed by atoms with Crippen LogP contribution in [0, 0.1) is 19.7 Å². The van der Waals surface area contributed by atoms with Gasteiger partial charge in [0.15, 0.2) is 5.13 Å². The number of carbonyl (C=O) groups excluding carboxylic acids is 2. The van der Waals surface area contributed by atoms with Gasteiger partial charge in [-0.1, -0.05) is 24.3 Å². The zero-order valence-electron chi connectivity index (χ0n) is 15.7. The van der Waals surface area contributed by atoms with E-state index in [9.17, 15) is 14.0 Å². The van der Waals surface area contributed by atoms with E-state index in [1.54, 1.807) is 10.3 Å². The highest BCUT2D eigenvalue weighted by Crippen LogP contribution is 2.33. The minimum Gasteiger partial charge on any atom is -0.456 e. The number of amides is 1. The second kappa shape index (κ2) is 8.31. The van der Waals surface area contributed by atoms with Crippen LogP contribution in [0.25, 0.3) is 0 Å². The minimum absolute atomic E-state index is 0.0651. The zero-order valence-corrected chi connectivity index (χ0v) is 16.5. The molecule has 1 heterocycles. The molecule has 3 aromatic rings. The normalized spacial score (nSPS) is 10.6. The van der Waals surface area contributed by atoms with Crippen LogP contribution in [-0.2, 0) is 16.1 Å². The summed E-state index contributed by atoms with van der Waals surface area (Å²) in [6.07, 6.45) is 0. The second-order valence-electron chi connectivity index (χ2n) is 6.30. The van der Waals surface area contributed by atoms with Gasteiger partial charge in [-0.3, -0.25) is 9.69 Å². The molecule has 0 spiro atoms. The molecule has 0 saturated carbocycles. The van der Waals surface area contributed by atoms with Crippen molar-refractivity contribution in [3.05, 3.63) is 76.0 Å². The van der Waals surface area contributed by atoms with Crippen LogP contribution in [0.1, 0.15) is 34.1 Å². The third-order valence-corrected chi connectivity index (χ3v) is 4.99. The number of thiazole rings is 1. The fraction of sp³-hybridized carbons (Fsp3) is 0.190. The Kier molecular flexibility index (Phi) is 5.84. The van der Waals surface area contributed by atoms with Crippen molar-refractivity contribution < 1.29 is 18.7 Å². The third kappa shape index (κ3) is 4.26. The molecule has 0 N–H and O–H groups in total. The van der Waals surface area contributed by atoms with E-state index in [1.165, 1.54) is 36.5 Å². The highest BCUT2D eigenvalue weighted by Gasteiger charge is 2.21. The Morgan fingerprint density at radius 3 is 2.46 bits per heavy atom. The number of hydrogen-bond acceptors (Lipinski definition) is 5. The summed E-state index contributed by atoms with van der Waals surface area (Å²) >= 11 is 1.29. The Hall–Kier alpha value is -3.06. The zero-order chi connectivity index (χ0) is 20.3. The molecule has 3 rings (SSSR count). The Morgan fingerprint density at radius 2 is 1.82 bits per heavy atom. The summed E-state index contributed by atoms with van der Waals surface area (Å²) in [7, 11) is 0. The standard InChI is InChI=1S/C21H19FN2O3S/c1-13-6-4-7-14(2)19(13)24(15(3)25)21-23-18(12-28-21)11-27-20(26)16-8-5-9-17(22)10-16/h4-10,12H,11H2,1-3H3. The third-order valence-electron chi connectivity index (χ3n) is 4.12. The van der Waals surface area contributed by atoms with E-state index in [0.717, 1.165) is 22.9 Å². The van der Waals surface area contributed by atoms with E-state index in [2.05, 4.69) is 4.98 Å². The molecule has 5 nitrogen and oxygen atoms in total. The molecule has 0 bridgehead atoms. The highest BCUT2D eigenvalue weighted by molar-refractivity contribution is 7.14. The van der Waals surface area contributed by atoms with Crippen LogP contribution >= 0.6 is 11.3 Å². The predicted octanol–water partition coefficient (Wildman–Crippen LogP) is 4.94. The topological polar surface area (TPSA) is 59.5 Å². The molecule has 0 aliphatic heterocycles. The van der Waals surface area contributed by atoms with E-state index in [1.807, 2.05) is 32.0 Å². The van der Waals surface area contributed by atoms with E-state index < -0.39 is 11.8 Å². The largest absolute Gasteiger partial charge is 0.456 e. The first-order valence-corrected chi connectivity index (χ1v) is 9.49. The van der Waals surface area contributed by atoms with Gasteiger partial charge in [-0.05, 0) is 43.2 Å². The molecule has 0 radical (unpaired) electrons.